The van der Waals surface area contributed by atoms with E-state index in [-0.39, 0.29) is 0 Å². The van der Waals surface area contributed by atoms with Crippen molar-refractivity contribution in [1.82, 2.24) is 15.0 Å². The molecule has 2 amide bonds. The molecule has 4 aromatic rings. The average Bonchev–Trinajstić information content (AvgIpc) is 2.86. The number of pyridine rings is 1. The molecule has 0 aliphatic carbocycles. The van der Waals surface area contributed by atoms with E-state index in [0.29, 0.717) is 33.8 Å². The SMILES string of the molecule is CCc1nccc(-c2cccnc2Oc2ccc(NC(=O)Nc3ccc(OC)c(Cl)c3)cc2)n1. The molecule has 9 heteroatoms. The summed E-state index contributed by atoms with van der Waals surface area (Å²) in [5, 5.41) is 5.90. The maximum absolute atomic E-state index is 12.3. The fourth-order valence-corrected chi connectivity index (χ4v) is 3.40. The molecule has 8 nitrogen and oxygen atoms in total. The van der Waals surface area contributed by atoms with Crippen LogP contribution in [0.15, 0.2) is 73.1 Å². The van der Waals surface area contributed by atoms with Crippen molar-refractivity contribution in [3.05, 3.63) is 83.9 Å². The first-order valence-corrected chi connectivity index (χ1v) is 10.9. The number of urea groups is 1. The molecule has 0 radical (unpaired) electrons. The predicted octanol–water partition coefficient (Wildman–Crippen LogP) is 6.20. The molecule has 2 aromatic carbocycles. The van der Waals surface area contributed by atoms with E-state index in [0.717, 1.165) is 23.5 Å². The second-order valence-corrected chi connectivity index (χ2v) is 7.53. The monoisotopic (exact) mass is 475 g/mol. The van der Waals surface area contributed by atoms with Crippen molar-refractivity contribution in [3.8, 4) is 28.6 Å². The van der Waals surface area contributed by atoms with Gasteiger partial charge in [-0.1, -0.05) is 18.5 Å². The largest absolute Gasteiger partial charge is 0.495 e. The van der Waals surface area contributed by atoms with Gasteiger partial charge in [0.05, 0.1) is 23.4 Å². The lowest BCUT2D eigenvalue weighted by molar-refractivity contribution is 0.262. The van der Waals surface area contributed by atoms with Gasteiger partial charge >= 0.3 is 6.03 Å². The molecular formula is C25H22ClN5O3. The molecule has 4 rings (SSSR count). The van der Waals surface area contributed by atoms with E-state index in [2.05, 4.69) is 25.6 Å². The van der Waals surface area contributed by atoms with Crippen molar-refractivity contribution in [2.75, 3.05) is 17.7 Å². The van der Waals surface area contributed by atoms with Crippen molar-refractivity contribution in [2.45, 2.75) is 13.3 Å². The Morgan fingerprint density at radius 1 is 0.971 bits per heavy atom. The van der Waals surface area contributed by atoms with Crippen LogP contribution in [0.4, 0.5) is 16.2 Å². The van der Waals surface area contributed by atoms with Crippen LogP contribution in [0.3, 0.4) is 0 Å². The molecule has 2 heterocycles. The van der Waals surface area contributed by atoms with Crippen molar-refractivity contribution >= 4 is 29.0 Å². The molecule has 2 aromatic heterocycles. The summed E-state index contributed by atoms with van der Waals surface area (Å²) < 4.78 is 11.1. The minimum absolute atomic E-state index is 0.405. The van der Waals surface area contributed by atoms with E-state index < -0.39 is 6.03 Å². The van der Waals surface area contributed by atoms with Crippen LogP contribution in [0.5, 0.6) is 17.4 Å². The minimum Gasteiger partial charge on any atom is -0.495 e. The number of halogens is 1. The van der Waals surface area contributed by atoms with Crippen molar-refractivity contribution in [3.63, 3.8) is 0 Å². The molecule has 172 valence electrons. The smallest absolute Gasteiger partial charge is 0.323 e. The van der Waals surface area contributed by atoms with Gasteiger partial charge in [-0.2, -0.15) is 0 Å². The summed E-state index contributed by atoms with van der Waals surface area (Å²) >= 11 is 6.10. The van der Waals surface area contributed by atoms with E-state index in [1.165, 1.54) is 7.11 Å². The van der Waals surface area contributed by atoms with E-state index in [9.17, 15) is 4.79 Å². The van der Waals surface area contributed by atoms with Gasteiger partial charge in [0.2, 0.25) is 5.88 Å². The Kier molecular flexibility index (Phi) is 7.19. The lowest BCUT2D eigenvalue weighted by Gasteiger charge is -2.11. The number of methoxy groups -OCH3 is 1. The van der Waals surface area contributed by atoms with Crippen LogP contribution in [-0.2, 0) is 6.42 Å². The zero-order valence-electron chi connectivity index (χ0n) is 18.6. The van der Waals surface area contributed by atoms with Gasteiger partial charge in [0, 0.05) is 30.2 Å². The highest BCUT2D eigenvalue weighted by Crippen LogP contribution is 2.31. The number of nitrogens with zero attached hydrogens (tertiary/aromatic N) is 3. The zero-order chi connectivity index (χ0) is 23.9. The summed E-state index contributed by atoms with van der Waals surface area (Å²) in [5.41, 5.74) is 2.64. The van der Waals surface area contributed by atoms with Crippen LogP contribution < -0.4 is 20.1 Å². The summed E-state index contributed by atoms with van der Waals surface area (Å²) in [6.07, 6.45) is 4.12. The highest BCUT2D eigenvalue weighted by Gasteiger charge is 2.11. The Morgan fingerprint density at radius 2 is 1.74 bits per heavy atom. The second kappa shape index (κ2) is 10.6. The van der Waals surface area contributed by atoms with E-state index in [1.807, 2.05) is 25.1 Å². The van der Waals surface area contributed by atoms with Crippen LogP contribution in [0, 0.1) is 0 Å². The predicted molar refractivity (Wildman–Crippen MR) is 132 cm³/mol. The lowest BCUT2D eigenvalue weighted by Crippen LogP contribution is -2.19. The molecule has 34 heavy (non-hydrogen) atoms. The fraction of sp³-hybridized carbons (Fsp3) is 0.120. The summed E-state index contributed by atoms with van der Waals surface area (Å²) in [5.74, 6) is 2.28. The maximum atomic E-state index is 12.3. The summed E-state index contributed by atoms with van der Waals surface area (Å²) in [6.45, 7) is 2.00. The molecule has 2 N–H and O–H groups in total. The Labute approximate surface area is 202 Å². The lowest BCUT2D eigenvalue weighted by atomic mass is 10.2. The van der Waals surface area contributed by atoms with Crippen LogP contribution >= 0.6 is 11.6 Å². The zero-order valence-corrected chi connectivity index (χ0v) is 19.3. The van der Waals surface area contributed by atoms with Gasteiger partial charge in [-0.25, -0.2) is 19.7 Å². The van der Waals surface area contributed by atoms with Gasteiger partial charge in [-0.3, -0.25) is 0 Å². The summed E-state index contributed by atoms with van der Waals surface area (Å²) in [6, 6.07) is 17.1. The molecule has 0 unspecified atom stereocenters. The Morgan fingerprint density at radius 3 is 2.47 bits per heavy atom. The number of aryl methyl sites for hydroxylation is 1. The highest BCUT2D eigenvalue weighted by atomic mass is 35.5. The van der Waals surface area contributed by atoms with Crippen LogP contribution in [-0.4, -0.2) is 28.1 Å². The van der Waals surface area contributed by atoms with E-state index in [1.54, 1.807) is 54.9 Å². The fourth-order valence-electron chi connectivity index (χ4n) is 3.14. The van der Waals surface area contributed by atoms with Gasteiger partial charge in [-0.05, 0) is 60.7 Å². The van der Waals surface area contributed by atoms with Gasteiger partial charge in [0.15, 0.2) is 0 Å². The van der Waals surface area contributed by atoms with Crippen LogP contribution in [0.2, 0.25) is 5.02 Å². The van der Waals surface area contributed by atoms with Crippen molar-refractivity contribution < 1.29 is 14.3 Å². The minimum atomic E-state index is -0.405. The number of anilines is 2. The number of carbonyl (C=O) groups excluding carboxylic acids is 1. The molecule has 0 fully saturated rings. The van der Waals surface area contributed by atoms with E-state index >= 15 is 0 Å². The molecule has 0 saturated heterocycles. The molecular weight excluding hydrogens is 454 g/mol. The van der Waals surface area contributed by atoms with Crippen LogP contribution in [0.25, 0.3) is 11.3 Å². The number of benzene rings is 2. The van der Waals surface area contributed by atoms with Crippen molar-refractivity contribution in [1.29, 1.82) is 0 Å². The number of hydrogen-bond acceptors (Lipinski definition) is 6. The van der Waals surface area contributed by atoms with Crippen LogP contribution in [0.1, 0.15) is 12.7 Å². The highest BCUT2D eigenvalue weighted by molar-refractivity contribution is 6.32. The molecule has 0 atom stereocenters. The number of nitrogens with one attached hydrogen (secondary N) is 2. The summed E-state index contributed by atoms with van der Waals surface area (Å²) in [4.78, 5) is 25.5. The van der Waals surface area contributed by atoms with Gasteiger partial charge in [0.1, 0.15) is 17.3 Å². The summed E-state index contributed by atoms with van der Waals surface area (Å²) in [7, 11) is 1.53. The first kappa shape index (κ1) is 23.0. The Bertz CT molecular complexity index is 1300. The number of hydrogen-bond donors (Lipinski definition) is 2. The molecule has 0 aliphatic heterocycles. The van der Waals surface area contributed by atoms with Gasteiger partial charge in [0.25, 0.3) is 0 Å². The quantitative estimate of drug-likeness (QED) is 0.330. The third-order valence-electron chi connectivity index (χ3n) is 4.81. The first-order valence-electron chi connectivity index (χ1n) is 10.5. The normalized spacial score (nSPS) is 10.4. The number of rotatable bonds is 7. The number of amides is 2. The van der Waals surface area contributed by atoms with Crippen molar-refractivity contribution in [2.24, 2.45) is 0 Å². The molecule has 0 spiro atoms. The third-order valence-corrected chi connectivity index (χ3v) is 5.10. The Balaban J connectivity index is 1.43. The van der Waals surface area contributed by atoms with Gasteiger partial charge in [-0.15, -0.1) is 0 Å². The standard InChI is InChI=1S/C25H22ClN5O3/c1-3-23-27-14-12-21(31-23)19-5-4-13-28-24(19)34-18-9-6-16(7-10-18)29-25(32)30-17-8-11-22(33-2)20(26)15-17/h4-15H,3H2,1-2H3,(H2,29,30,32). The molecule has 0 aliphatic rings. The Hall–Kier alpha value is -4.17. The van der Waals surface area contributed by atoms with E-state index in [4.69, 9.17) is 21.1 Å². The number of carbonyl (C=O) groups is 1. The maximum Gasteiger partial charge on any atom is 0.323 e. The average molecular weight is 476 g/mol. The molecule has 0 bridgehead atoms. The topological polar surface area (TPSA) is 98.3 Å². The number of ether oxygens (including phenoxy) is 2. The number of aromatic nitrogens is 3. The van der Waals surface area contributed by atoms with Gasteiger partial charge < -0.3 is 20.1 Å². The third kappa shape index (κ3) is 5.60. The second-order valence-electron chi connectivity index (χ2n) is 7.12. The first-order chi connectivity index (χ1) is 16.6. The molecule has 0 saturated carbocycles.